The number of rotatable bonds is 4. The zero-order valence-corrected chi connectivity index (χ0v) is 10.5. The summed E-state index contributed by atoms with van der Waals surface area (Å²) in [5.41, 5.74) is 0. The van der Waals surface area contributed by atoms with E-state index in [-0.39, 0.29) is 5.91 Å². The number of aryl methyl sites for hydroxylation is 1. The van der Waals surface area contributed by atoms with Crippen LogP contribution in [0.25, 0.3) is 0 Å². The van der Waals surface area contributed by atoms with Crippen LogP contribution < -0.4 is 0 Å². The topological polar surface area (TPSA) is 59.2 Å². The number of hydrogen-bond donors (Lipinski definition) is 0. The Morgan fingerprint density at radius 1 is 1.35 bits per heavy atom. The van der Waals surface area contributed by atoms with Crippen LogP contribution >= 0.6 is 0 Å². The van der Waals surface area contributed by atoms with Gasteiger partial charge in [0.1, 0.15) is 0 Å². The Labute approximate surface area is 101 Å². The first kappa shape index (κ1) is 12.1. The fourth-order valence-corrected chi connectivity index (χ4v) is 2.14. The van der Waals surface area contributed by atoms with Crippen LogP contribution in [0.5, 0.6) is 0 Å². The summed E-state index contributed by atoms with van der Waals surface area (Å²) in [5, 5.41) is 8.08. The van der Waals surface area contributed by atoms with Crippen molar-refractivity contribution >= 4 is 5.91 Å². The Morgan fingerprint density at radius 2 is 2.06 bits per heavy atom. The molecule has 1 saturated carbocycles. The summed E-state index contributed by atoms with van der Waals surface area (Å²) in [6.45, 7) is 0. The predicted molar refractivity (Wildman–Crippen MR) is 62.5 cm³/mol. The van der Waals surface area contributed by atoms with Crippen LogP contribution in [0.1, 0.15) is 49.8 Å². The smallest absolute Gasteiger partial charge is 0.222 e. The average molecular weight is 237 g/mol. The van der Waals surface area contributed by atoms with E-state index in [4.69, 9.17) is 4.42 Å². The molecular formula is C12H19N3O2. The lowest BCUT2D eigenvalue weighted by molar-refractivity contribution is -0.128. The van der Waals surface area contributed by atoms with Crippen LogP contribution in [-0.4, -0.2) is 35.1 Å². The zero-order chi connectivity index (χ0) is 12.3. The Hall–Kier alpha value is -1.39. The van der Waals surface area contributed by atoms with Crippen molar-refractivity contribution in [2.75, 3.05) is 14.1 Å². The molecule has 0 aromatic carbocycles. The molecule has 94 valence electrons. The van der Waals surface area contributed by atoms with Gasteiger partial charge in [-0.3, -0.25) is 4.79 Å². The highest BCUT2D eigenvalue weighted by molar-refractivity contribution is 5.75. The number of hydrogen-bond acceptors (Lipinski definition) is 4. The molecule has 0 N–H and O–H groups in total. The number of aromatic nitrogens is 2. The van der Waals surface area contributed by atoms with E-state index in [0.717, 1.165) is 18.7 Å². The second-order valence-corrected chi connectivity index (χ2v) is 4.80. The molecule has 0 bridgehead atoms. The molecule has 0 unspecified atom stereocenters. The van der Waals surface area contributed by atoms with Crippen molar-refractivity contribution < 1.29 is 9.21 Å². The van der Waals surface area contributed by atoms with E-state index in [1.807, 2.05) is 0 Å². The van der Waals surface area contributed by atoms with Gasteiger partial charge >= 0.3 is 0 Å². The lowest BCUT2D eigenvalue weighted by Crippen LogP contribution is -2.21. The van der Waals surface area contributed by atoms with Crippen LogP contribution in [0.15, 0.2) is 4.42 Å². The highest BCUT2D eigenvalue weighted by atomic mass is 16.4. The third kappa shape index (κ3) is 3.05. The SMILES string of the molecule is CN(C)C(=O)CCc1nnc(C2CCCC2)o1. The van der Waals surface area contributed by atoms with E-state index >= 15 is 0 Å². The Balaban J connectivity index is 1.87. The molecule has 1 aromatic heterocycles. The first-order chi connectivity index (χ1) is 8.16. The van der Waals surface area contributed by atoms with Gasteiger partial charge in [0.2, 0.25) is 17.7 Å². The third-order valence-electron chi connectivity index (χ3n) is 3.24. The second kappa shape index (κ2) is 5.29. The van der Waals surface area contributed by atoms with E-state index in [2.05, 4.69) is 10.2 Å². The summed E-state index contributed by atoms with van der Waals surface area (Å²) in [6, 6.07) is 0. The van der Waals surface area contributed by atoms with Gasteiger partial charge in [0, 0.05) is 32.9 Å². The predicted octanol–water partition coefficient (Wildman–Crippen LogP) is 1.75. The lowest BCUT2D eigenvalue weighted by Gasteiger charge is -2.08. The summed E-state index contributed by atoms with van der Waals surface area (Å²) < 4.78 is 5.60. The molecule has 0 radical (unpaired) electrons. The number of nitrogens with zero attached hydrogens (tertiary/aromatic N) is 3. The Morgan fingerprint density at radius 3 is 2.71 bits per heavy atom. The van der Waals surface area contributed by atoms with Gasteiger partial charge < -0.3 is 9.32 Å². The minimum Gasteiger partial charge on any atom is -0.425 e. The van der Waals surface area contributed by atoms with Gasteiger partial charge in [-0.05, 0) is 12.8 Å². The normalized spacial score (nSPS) is 16.4. The molecule has 1 heterocycles. The van der Waals surface area contributed by atoms with E-state index in [1.54, 1.807) is 19.0 Å². The van der Waals surface area contributed by atoms with Crippen molar-refractivity contribution in [3.05, 3.63) is 11.8 Å². The molecular weight excluding hydrogens is 218 g/mol. The maximum Gasteiger partial charge on any atom is 0.222 e. The fourth-order valence-electron chi connectivity index (χ4n) is 2.14. The highest BCUT2D eigenvalue weighted by Gasteiger charge is 2.22. The number of carbonyl (C=O) groups excluding carboxylic acids is 1. The average Bonchev–Trinajstić information content (AvgIpc) is 2.95. The minimum absolute atomic E-state index is 0.0885. The lowest BCUT2D eigenvalue weighted by atomic mass is 10.1. The molecule has 5 nitrogen and oxygen atoms in total. The number of amides is 1. The monoisotopic (exact) mass is 237 g/mol. The molecule has 1 fully saturated rings. The van der Waals surface area contributed by atoms with Crippen molar-refractivity contribution in [1.29, 1.82) is 0 Å². The van der Waals surface area contributed by atoms with Crippen LogP contribution in [0.4, 0.5) is 0 Å². The third-order valence-corrected chi connectivity index (χ3v) is 3.24. The fraction of sp³-hybridized carbons (Fsp3) is 0.750. The van der Waals surface area contributed by atoms with Crippen LogP contribution in [0, 0.1) is 0 Å². The molecule has 0 saturated heterocycles. The molecule has 1 amide bonds. The summed E-state index contributed by atoms with van der Waals surface area (Å²) in [5.74, 6) is 1.88. The van der Waals surface area contributed by atoms with Gasteiger partial charge in [-0.1, -0.05) is 12.8 Å². The van der Waals surface area contributed by atoms with Gasteiger partial charge in [-0.15, -0.1) is 10.2 Å². The van der Waals surface area contributed by atoms with Crippen molar-refractivity contribution in [3.8, 4) is 0 Å². The second-order valence-electron chi connectivity index (χ2n) is 4.80. The molecule has 0 spiro atoms. The van der Waals surface area contributed by atoms with E-state index < -0.39 is 0 Å². The number of carbonyl (C=O) groups is 1. The largest absolute Gasteiger partial charge is 0.425 e. The Bertz CT molecular complexity index is 381. The highest BCUT2D eigenvalue weighted by Crippen LogP contribution is 2.33. The minimum atomic E-state index is 0.0885. The van der Waals surface area contributed by atoms with Gasteiger partial charge in [0.25, 0.3) is 0 Å². The summed E-state index contributed by atoms with van der Waals surface area (Å²) in [4.78, 5) is 13.0. The van der Waals surface area contributed by atoms with Gasteiger partial charge in [0.15, 0.2) is 0 Å². The first-order valence-electron chi connectivity index (χ1n) is 6.19. The van der Waals surface area contributed by atoms with E-state index in [9.17, 15) is 4.79 Å². The van der Waals surface area contributed by atoms with Crippen LogP contribution in [0.3, 0.4) is 0 Å². The van der Waals surface area contributed by atoms with Gasteiger partial charge in [0.05, 0.1) is 0 Å². The standard InChI is InChI=1S/C12H19N3O2/c1-15(2)11(16)8-7-10-13-14-12(17-10)9-5-3-4-6-9/h9H,3-8H2,1-2H3. The summed E-state index contributed by atoms with van der Waals surface area (Å²) in [6.07, 6.45) is 5.77. The van der Waals surface area contributed by atoms with Crippen molar-refractivity contribution in [2.24, 2.45) is 0 Å². The Kier molecular flexibility index (Phi) is 3.76. The first-order valence-corrected chi connectivity index (χ1v) is 6.19. The molecule has 2 rings (SSSR count). The zero-order valence-electron chi connectivity index (χ0n) is 10.5. The molecule has 0 atom stereocenters. The maximum absolute atomic E-state index is 11.4. The molecule has 17 heavy (non-hydrogen) atoms. The molecule has 0 aliphatic heterocycles. The molecule has 1 aliphatic carbocycles. The molecule has 1 aromatic rings. The maximum atomic E-state index is 11.4. The van der Waals surface area contributed by atoms with Crippen LogP contribution in [-0.2, 0) is 11.2 Å². The van der Waals surface area contributed by atoms with Crippen molar-refractivity contribution in [3.63, 3.8) is 0 Å². The van der Waals surface area contributed by atoms with E-state index in [0.29, 0.717) is 24.7 Å². The quantitative estimate of drug-likeness (QED) is 0.800. The van der Waals surface area contributed by atoms with Gasteiger partial charge in [-0.2, -0.15) is 0 Å². The summed E-state index contributed by atoms with van der Waals surface area (Å²) >= 11 is 0. The molecule has 1 aliphatic rings. The van der Waals surface area contributed by atoms with Gasteiger partial charge in [-0.25, -0.2) is 0 Å². The van der Waals surface area contributed by atoms with Crippen molar-refractivity contribution in [2.45, 2.75) is 44.4 Å². The van der Waals surface area contributed by atoms with E-state index in [1.165, 1.54) is 12.8 Å². The molecule has 5 heteroatoms. The van der Waals surface area contributed by atoms with Crippen LogP contribution in [0.2, 0.25) is 0 Å². The summed E-state index contributed by atoms with van der Waals surface area (Å²) in [7, 11) is 3.50. The van der Waals surface area contributed by atoms with Crippen molar-refractivity contribution in [1.82, 2.24) is 15.1 Å².